The first kappa shape index (κ1) is 42.5. The lowest BCUT2D eigenvalue weighted by atomic mass is 9.68. The predicted molar refractivity (Wildman–Crippen MR) is 309 cm³/mol. The molecule has 4 aliphatic rings. The van der Waals surface area contributed by atoms with E-state index in [0.29, 0.717) is 0 Å². The highest BCUT2D eigenvalue weighted by molar-refractivity contribution is 6.22. The van der Waals surface area contributed by atoms with E-state index in [2.05, 4.69) is 258 Å². The van der Waals surface area contributed by atoms with Gasteiger partial charge in [0, 0.05) is 44.2 Å². The molecule has 2 heteroatoms. The van der Waals surface area contributed by atoms with E-state index >= 15 is 0 Å². The number of fused-ring (bicyclic) bond motifs is 18. The van der Waals surface area contributed by atoms with Crippen LogP contribution in [0.2, 0.25) is 0 Å². The molecular weight excluding hydrogens is 909 g/mol. The average Bonchev–Trinajstić information content (AvgIpc) is 3.92. The zero-order valence-electron chi connectivity index (χ0n) is 42.3. The maximum Gasteiger partial charge on any atom is 0.139 e. The summed E-state index contributed by atoms with van der Waals surface area (Å²) in [7, 11) is 0. The normalized spacial score (nSPS) is 15.2. The molecule has 12 aromatic rings. The third-order valence-corrected chi connectivity index (χ3v) is 17.8. The maximum absolute atomic E-state index is 7.11. The number of para-hydroxylation sites is 4. The van der Waals surface area contributed by atoms with Gasteiger partial charge in [-0.05, 0) is 123 Å². The van der Waals surface area contributed by atoms with Gasteiger partial charge < -0.3 is 9.47 Å². The molecule has 0 saturated heterocycles. The highest BCUT2D eigenvalue weighted by Crippen LogP contribution is 2.67. The second-order valence-corrected chi connectivity index (χ2v) is 22.1. The Balaban J connectivity index is 1.08. The van der Waals surface area contributed by atoms with Crippen molar-refractivity contribution in [2.75, 3.05) is 0 Å². The lowest BCUT2D eigenvalue weighted by Crippen LogP contribution is -2.26. The Labute approximate surface area is 437 Å². The second kappa shape index (κ2) is 15.1. The van der Waals surface area contributed by atoms with Gasteiger partial charge >= 0.3 is 0 Å². The largest absolute Gasteiger partial charge is 0.456 e. The summed E-state index contributed by atoms with van der Waals surface area (Å²) in [6.07, 6.45) is 0. The number of rotatable bonds is 3. The zero-order valence-corrected chi connectivity index (χ0v) is 42.3. The maximum atomic E-state index is 7.11. The van der Waals surface area contributed by atoms with Gasteiger partial charge in [0.1, 0.15) is 23.0 Å². The van der Waals surface area contributed by atoms with Crippen molar-refractivity contribution in [3.63, 3.8) is 0 Å². The standard InChI is InChI=1S/C73H50O2/c1-71(2)60-35-13-15-39-64(60)74-69-51(30-19-37-62(69)71)45-26-17-28-49-54(45)42-55-46(52-31-20-38-63-70(52)75-65-40-16-14-36-61(65)72(63,3)4)27-18-29-50(55)66(49)56-41-43-21-5-6-22-44(43)67-53-25-9-12-34-59(53)73(68(56)67)57-32-10-7-23-47(57)48-24-8-11-33-58(48)73/h5-42H,1-4H3. The Hall–Kier alpha value is -8.98. The van der Waals surface area contributed by atoms with Crippen LogP contribution in [0, 0.1) is 0 Å². The molecule has 2 heterocycles. The minimum Gasteiger partial charge on any atom is -0.456 e. The predicted octanol–water partition coefficient (Wildman–Crippen LogP) is 19.4. The zero-order chi connectivity index (χ0) is 50.0. The van der Waals surface area contributed by atoms with Crippen LogP contribution >= 0.6 is 0 Å². The molecule has 2 nitrogen and oxygen atoms in total. The molecule has 354 valence electrons. The fourth-order valence-electron chi connectivity index (χ4n) is 14.5. The van der Waals surface area contributed by atoms with Gasteiger partial charge in [0.2, 0.25) is 0 Å². The summed E-state index contributed by atoms with van der Waals surface area (Å²) in [4.78, 5) is 0. The van der Waals surface area contributed by atoms with Crippen LogP contribution in [0.1, 0.15) is 72.2 Å². The van der Waals surface area contributed by atoms with Gasteiger partial charge in [-0.1, -0.05) is 234 Å². The summed E-state index contributed by atoms with van der Waals surface area (Å²) < 4.78 is 14.2. The van der Waals surface area contributed by atoms with Crippen LogP contribution < -0.4 is 9.47 Å². The Morgan fingerprint density at radius 3 is 1.20 bits per heavy atom. The molecule has 0 saturated carbocycles. The fraction of sp³-hybridized carbons (Fsp3) is 0.0959. The van der Waals surface area contributed by atoms with Crippen LogP contribution in [-0.4, -0.2) is 0 Å². The summed E-state index contributed by atoms with van der Waals surface area (Å²) in [6, 6.07) is 86.1. The van der Waals surface area contributed by atoms with Crippen molar-refractivity contribution in [1.82, 2.24) is 0 Å². The summed E-state index contributed by atoms with van der Waals surface area (Å²) in [5.74, 6) is 3.64. The van der Waals surface area contributed by atoms with Crippen molar-refractivity contribution < 1.29 is 9.47 Å². The van der Waals surface area contributed by atoms with E-state index in [-0.39, 0.29) is 10.8 Å². The first-order valence-electron chi connectivity index (χ1n) is 26.4. The van der Waals surface area contributed by atoms with E-state index < -0.39 is 5.41 Å². The topological polar surface area (TPSA) is 18.5 Å². The molecule has 12 aromatic carbocycles. The van der Waals surface area contributed by atoms with Crippen LogP contribution in [0.25, 0.3) is 88.0 Å². The van der Waals surface area contributed by atoms with Crippen LogP contribution in [0.3, 0.4) is 0 Å². The van der Waals surface area contributed by atoms with Crippen molar-refractivity contribution >= 4 is 32.3 Å². The smallest absolute Gasteiger partial charge is 0.139 e. The van der Waals surface area contributed by atoms with E-state index in [1.165, 1.54) is 99.4 Å². The highest BCUT2D eigenvalue weighted by Gasteiger charge is 2.53. The average molecular weight is 959 g/mol. The number of ether oxygens (including phenoxy) is 2. The molecule has 2 aliphatic heterocycles. The molecule has 0 atom stereocenters. The summed E-state index contributed by atoms with van der Waals surface area (Å²) in [6.45, 7) is 9.31. The summed E-state index contributed by atoms with van der Waals surface area (Å²) >= 11 is 0. The molecule has 1 spiro atoms. The first-order valence-corrected chi connectivity index (χ1v) is 26.4. The van der Waals surface area contributed by atoms with Gasteiger partial charge in [-0.2, -0.15) is 0 Å². The molecule has 0 N–H and O–H groups in total. The van der Waals surface area contributed by atoms with Crippen molar-refractivity contribution in [2.24, 2.45) is 0 Å². The van der Waals surface area contributed by atoms with Crippen LogP contribution in [0.15, 0.2) is 231 Å². The molecular formula is C73H50O2. The summed E-state index contributed by atoms with van der Waals surface area (Å²) in [5, 5.41) is 7.19. The van der Waals surface area contributed by atoms with Crippen LogP contribution in [0.4, 0.5) is 0 Å². The number of benzene rings is 12. The van der Waals surface area contributed by atoms with Crippen molar-refractivity contribution in [1.29, 1.82) is 0 Å². The number of hydrogen-bond donors (Lipinski definition) is 0. The van der Waals surface area contributed by atoms with Gasteiger partial charge in [-0.3, -0.25) is 0 Å². The molecule has 0 bridgehead atoms. The van der Waals surface area contributed by atoms with Crippen LogP contribution in [-0.2, 0) is 16.2 Å². The molecule has 0 unspecified atom stereocenters. The van der Waals surface area contributed by atoms with Crippen molar-refractivity contribution in [3.8, 4) is 78.6 Å². The van der Waals surface area contributed by atoms with Gasteiger partial charge in [-0.25, -0.2) is 0 Å². The Bertz CT molecular complexity index is 4280. The monoisotopic (exact) mass is 958 g/mol. The molecule has 0 fully saturated rings. The first-order chi connectivity index (χ1) is 36.7. The third kappa shape index (κ3) is 5.48. The minimum absolute atomic E-state index is 0.280. The molecule has 0 amide bonds. The minimum atomic E-state index is -0.598. The van der Waals surface area contributed by atoms with Crippen molar-refractivity contribution in [2.45, 2.75) is 43.9 Å². The lowest BCUT2D eigenvalue weighted by Gasteiger charge is -2.36. The van der Waals surface area contributed by atoms with E-state index in [0.717, 1.165) is 56.0 Å². The van der Waals surface area contributed by atoms with Gasteiger partial charge in [0.05, 0.1) is 5.41 Å². The third-order valence-electron chi connectivity index (χ3n) is 17.8. The molecule has 16 rings (SSSR count). The fourth-order valence-corrected chi connectivity index (χ4v) is 14.5. The van der Waals surface area contributed by atoms with E-state index in [9.17, 15) is 0 Å². The van der Waals surface area contributed by atoms with Crippen LogP contribution in [0.5, 0.6) is 23.0 Å². The SMILES string of the molecule is CC1(C)c2ccccc2Oc2c(-c3cccc4c(-c5cc6ccccc6c6c5C5(c7ccccc7-c7ccccc75)c5ccccc5-6)c5cccc(-c6cccc7c6Oc6ccccc6C7(C)C)c5cc34)cccc21. The molecule has 2 aliphatic carbocycles. The summed E-state index contributed by atoms with van der Waals surface area (Å²) in [5.41, 5.74) is 20.9. The van der Waals surface area contributed by atoms with Gasteiger partial charge in [0.25, 0.3) is 0 Å². The highest BCUT2D eigenvalue weighted by atomic mass is 16.5. The van der Waals surface area contributed by atoms with Gasteiger partial charge in [-0.15, -0.1) is 0 Å². The second-order valence-electron chi connectivity index (χ2n) is 22.1. The van der Waals surface area contributed by atoms with Crippen molar-refractivity contribution in [3.05, 3.63) is 275 Å². The molecule has 0 aromatic heterocycles. The molecule has 75 heavy (non-hydrogen) atoms. The quantitative estimate of drug-likeness (QED) is 0.164. The van der Waals surface area contributed by atoms with E-state index in [1.54, 1.807) is 0 Å². The number of hydrogen-bond acceptors (Lipinski definition) is 2. The Morgan fingerprint density at radius 1 is 0.267 bits per heavy atom. The Morgan fingerprint density at radius 2 is 0.653 bits per heavy atom. The van der Waals surface area contributed by atoms with Gasteiger partial charge in [0.15, 0.2) is 0 Å². The Kier molecular flexibility index (Phi) is 8.54. The molecule has 0 radical (unpaired) electrons. The van der Waals surface area contributed by atoms with E-state index in [1.807, 2.05) is 0 Å². The lowest BCUT2D eigenvalue weighted by molar-refractivity contribution is 0.419. The van der Waals surface area contributed by atoms with E-state index in [4.69, 9.17) is 9.47 Å².